The number of likely N-dealkylation sites (N-methyl/N-ethyl adjacent to an activating group) is 2. The van der Waals surface area contributed by atoms with Crippen LogP contribution in [0.15, 0.2) is 4.99 Å². The topological polar surface area (TPSA) is 59.2 Å². The summed E-state index contributed by atoms with van der Waals surface area (Å²) in [4.78, 5) is 35.9. The first-order chi connectivity index (χ1) is 18.0. The molecule has 210 valence electrons. The zero-order valence-corrected chi connectivity index (χ0v) is 24.3. The lowest BCUT2D eigenvalue weighted by atomic mass is 10.0. The maximum atomic E-state index is 13.2. The molecule has 0 N–H and O–H groups in total. The monoisotopic (exact) mass is 516 g/mol. The molecule has 3 aliphatic rings. The van der Waals surface area contributed by atoms with Crippen molar-refractivity contribution in [1.29, 1.82) is 0 Å². The molecule has 0 aromatic heterocycles. The Morgan fingerprint density at radius 3 is 1.95 bits per heavy atom. The largest absolute Gasteiger partial charge is 0.333 e. The van der Waals surface area contributed by atoms with Gasteiger partial charge in [-0.05, 0) is 44.1 Å². The average molecular weight is 517 g/mol. The number of likely N-dealkylation sites (tertiary alicyclic amines) is 1. The number of unbranched alkanes of at least 4 members (excludes halogenated alkanes) is 13. The second kappa shape index (κ2) is 15.6. The number of hydrogen-bond donors (Lipinski definition) is 0. The van der Waals surface area contributed by atoms with Crippen molar-refractivity contribution in [2.75, 3.05) is 33.7 Å². The number of carbonyl (C=O) groups excluding carboxylic acids is 2. The van der Waals surface area contributed by atoms with Gasteiger partial charge in [0.15, 0.2) is 0 Å². The summed E-state index contributed by atoms with van der Waals surface area (Å²) in [5.41, 5.74) is 0. The van der Waals surface area contributed by atoms with Crippen molar-refractivity contribution in [3.63, 3.8) is 0 Å². The standard InChI is InChI=1S/C30H54N5O2/c1-5-6-7-8-9-10-11-12-13-14-15-16-17-19-23-35-26(24-34-22-20-18-21-25(34)2)31-28-27(35)29(36)33(4)30(37)32(28)3/h25,27H,5-24H2,1-4H3/q+1. The lowest BCUT2D eigenvalue weighted by Crippen LogP contribution is -2.61. The number of nitrogens with zero attached hydrogens (tertiary/aromatic N) is 5. The highest BCUT2D eigenvalue weighted by atomic mass is 16.2. The number of carbonyl (C=O) groups is 2. The summed E-state index contributed by atoms with van der Waals surface area (Å²) in [7, 11) is 3.33. The molecule has 0 aromatic carbocycles. The molecular weight excluding hydrogens is 462 g/mol. The van der Waals surface area contributed by atoms with Crippen LogP contribution in [0.3, 0.4) is 0 Å². The Balaban J connectivity index is 1.43. The van der Waals surface area contributed by atoms with E-state index in [2.05, 4.69) is 23.3 Å². The van der Waals surface area contributed by atoms with Crippen LogP contribution in [-0.2, 0) is 4.79 Å². The molecule has 0 bridgehead atoms. The van der Waals surface area contributed by atoms with Gasteiger partial charge >= 0.3 is 11.9 Å². The van der Waals surface area contributed by atoms with Crippen LogP contribution in [0.5, 0.6) is 0 Å². The minimum absolute atomic E-state index is 0.145. The third-order valence-corrected chi connectivity index (χ3v) is 8.65. The number of piperidine rings is 1. The predicted octanol–water partition coefficient (Wildman–Crippen LogP) is 6.06. The van der Waals surface area contributed by atoms with Crippen molar-refractivity contribution in [2.45, 2.75) is 135 Å². The number of imide groups is 1. The van der Waals surface area contributed by atoms with E-state index in [0.29, 0.717) is 11.9 Å². The summed E-state index contributed by atoms with van der Waals surface area (Å²) in [6, 6.07) is -0.210. The summed E-state index contributed by atoms with van der Waals surface area (Å²) >= 11 is 0. The van der Waals surface area contributed by atoms with Gasteiger partial charge in [0.25, 0.3) is 17.8 Å². The molecule has 3 aliphatic heterocycles. The maximum absolute atomic E-state index is 13.2. The molecular formula is C30H54N5O2+. The maximum Gasteiger partial charge on any atom is 0.333 e. The zero-order chi connectivity index (χ0) is 26.6. The Hall–Kier alpha value is -1.76. The average Bonchev–Trinajstić information content (AvgIpc) is 3.25. The number of fused-ring (bicyclic) bond motifs is 1. The molecule has 3 heterocycles. The van der Waals surface area contributed by atoms with Crippen molar-refractivity contribution in [2.24, 2.45) is 4.99 Å². The number of amidine groups is 2. The Kier molecular flexibility index (Phi) is 12.6. The van der Waals surface area contributed by atoms with Gasteiger partial charge in [-0.25, -0.2) is 9.37 Å². The lowest BCUT2D eigenvalue weighted by Gasteiger charge is -2.32. The Morgan fingerprint density at radius 1 is 0.811 bits per heavy atom. The van der Waals surface area contributed by atoms with E-state index in [1.54, 1.807) is 19.0 Å². The van der Waals surface area contributed by atoms with E-state index < -0.39 is 6.04 Å². The predicted molar refractivity (Wildman–Crippen MR) is 152 cm³/mol. The quantitative estimate of drug-likeness (QED) is 0.174. The van der Waals surface area contributed by atoms with E-state index in [1.807, 2.05) is 0 Å². The minimum atomic E-state index is -0.454. The van der Waals surface area contributed by atoms with Gasteiger partial charge in [-0.1, -0.05) is 90.4 Å². The molecule has 2 unspecified atom stereocenters. The highest BCUT2D eigenvalue weighted by Crippen LogP contribution is 2.22. The normalized spacial score (nSPS) is 22.8. The Labute approximate surface area is 226 Å². The van der Waals surface area contributed by atoms with Crippen LogP contribution in [0.1, 0.15) is 123 Å². The van der Waals surface area contributed by atoms with Crippen LogP contribution in [-0.4, -0.2) is 88.7 Å². The van der Waals surface area contributed by atoms with E-state index in [4.69, 9.17) is 4.99 Å². The molecule has 2 atom stereocenters. The number of hydrogen-bond acceptors (Lipinski definition) is 4. The fraction of sp³-hybridized carbons (Fsp3) is 0.867. The van der Waals surface area contributed by atoms with Gasteiger partial charge in [0.1, 0.15) is 6.54 Å². The first-order valence-electron chi connectivity index (χ1n) is 15.5. The van der Waals surface area contributed by atoms with Crippen LogP contribution in [0.25, 0.3) is 0 Å². The van der Waals surface area contributed by atoms with E-state index in [1.165, 1.54) is 108 Å². The minimum Gasteiger partial charge on any atom is -0.289 e. The van der Waals surface area contributed by atoms with Crippen molar-refractivity contribution in [1.82, 2.24) is 14.7 Å². The first-order valence-corrected chi connectivity index (χ1v) is 15.5. The van der Waals surface area contributed by atoms with Gasteiger partial charge in [-0.2, -0.15) is 0 Å². The molecule has 0 radical (unpaired) electrons. The smallest absolute Gasteiger partial charge is 0.289 e. The van der Waals surface area contributed by atoms with Gasteiger partial charge in [-0.15, -0.1) is 0 Å². The van der Waals surface area contributed by atoms with Gasteiger partial charge in [-0.3, -0.25) is 19.5 Å². The Bertz CT molecular complexity index is 808. The van der Waals surface area contributed by atoms with Crippen molar-refractivity contribution in [3.8, 4) is 0 Å². The summed E-state index contributed by atoms with van der Waals surface area (Å²) < 4.78 is 2.21. The van der Waals surface area contributed by atoms with Gasteiger partial charge in [0.2, 0.25) is 0 Å². The van der Waals surface area contributed by atoms with Crippen LogP contribution in [0, 0.1) is 0 Å². The molecule has 2 saturated heterocycles. The molecule has 7 nitrogen and oxygen atoms in total. The van der Waals surface area contributed by atoms with Gasteiger partial charge < -0.3 is 0 Å². The summed E-state index contributed by atoms with van der Waals surface area (Å²) in [6.45, 7) is 7.24. The molecule has 3 rings (SSSR count). The number of aliphatic imine (C=N–C) groups is 1. The number of amides is 3. The molecule has 0 aliphatic carbocycles. The summed E-state index contributed by atoms with van der Waals surface area (Å²) in [5.74, 6) is 1.43. The SMILES string of the molecule is CCCCCCCCCCCCCCCC[N+]1=C(CN2CCCCC2C)N=C2C1C(=O)N(C)C(=O)N2C. The van der Waals surface area contributed by atoms with E-state index in [-0.39, 0.29) is 11.9 Å². The molecule has 0 aromatic rings. The Morgan fingerprint density at radius 2 is 1.38 bits per heavy atom. The first kappa shape index (κ1) is 29.8. The van der Waals surface area contributed by atoms with Gasteiger partial charge in [0.05, 0.1) is 6.54 Å². The molecule has 2 fully saturated rings. The van der Waals surface area contributed by atoms with Crippen LogP contribution in [0.2, 0.25) is 0 Å². The third kappa shape index (κ3) is 8.36. The van der Waals surface area contributed by atoms with Crippen LogP contribution >= 0.6 is 0 Å². The van der Waals surface area contributed by atoms with E-state index in [0.717, 1.165) is 31.9 Å². The number of urea groups is 1. The third-order valence-electron chi connectivity index (χ3n) is 8.65. The fourth-order valence-corrected chi connectivity index (χ4v) is 6.08. The molecule has 7 heteroatoms. The molecule has 37 heavy (non-hydrogen) atoms. The molecule has 0 spiro atoms. The summed E-state index contributed by atoms with van der Waals surface area (Å²) in [6.07, 6.45) is 22.4. The van der Waals surface area contributed by atoms with E-state index >= 15 is 0 Å². The van der Waals surface area contributed by atoms with E-state index in [9.17, 15) is 9.59 Å². The second-order valence-electron chi connectivity index (χ2n) is 11.6. The van der Waals surface area contributed by atoms with Crippen molar-refractivity contribution < 1.29 is 14.2 Å². The lowest BCUT2D eigenvalue weighted by molar-refractivity contribution is -0.537. The van der Waals surface area contributed by atoms with Crippen LogP contribution < -0.4 is 0 Å². The van der Waals surface area contributed by atoms with Crippen molar-refractivity contribution in [3.05, 3.63) is 0 Å². The zero-order valence-electron chi connectivity index (χ0n) is 24.3. The second-order valence-corrected chi connectivity index (χ2v) is 11.6. The van der Waals surface area contributed by atoms with Crippen molar-refractivity contribution >= 4 is 23.6 Å². The summed E-state index contributed by atoms with van der Waals surface area (Å²) in [5, 5.41) is 0. The molecule has 0 saturated carbocycles. The van der Waals surface area contributed by atoms with Gasteiger partial charge in [0, 0.05) is 20.1 Å². The molecule has 3 amide bonds. The van der Waals surface area contributed by atoms with Crippen LogP contribution in [0.4, 0.5) is 4.79 Å². The fourth-order valence-electron chi connectivity index (χ4n) is 6.08. The highest BCUT2D eigenvalue weighted by Gasteiger charge is 2.53. The number of rotatable bonds is 17. The highest BCUT2D eigenvalue weighted by molar-refractivity contribution is 6.23.